The fourth-order valence-corrected chi connectivity index (χ4v) is 3.67. The smallest absolute Gasteiger partial charge is 0.253 e. The van der Waals surface area contributed by atoms with E-state index < -0.39 is 0 Å². The minimum Gasteiger partial charge on any atom is -0.495 e. The lowest BCUT2D eigenvalue weighted by Crippen LogP contribution is -2.22. The molecule has 182 valence electrons. The molecule has 0 aliphatic rings. The maximum absolute atomic E-state index is 12.8. The summed E-state index contributed by atoms with van der Waals surface area (Å²) in [6, 6.07) is 18.7. The summed E-state index contributed by atoms with van der Waals surface area (Å²) in [5.74, 6) is -0.0786. The molecule has 0 atom stereocenters. The van der Waals surface area contributed by atoms with Crippen LogP contribution in [0.4, 0.5) is 5.69 Å². The highest BCUT2D eigenvalue weighted by Gasteiger charge is 2.14. The van der Waals surface area contributed by atoms with E-state index in [0.29, 0.717) is 23.5 Å². The van der Waals surface area contributed by atoms with Crippen LogP contribution in [-0.2, 0) is 11.3 Å². The van der Waals surface area contributed by atoms with Crippen molar-refractivity contribution in [2.24, 2.45) is 0 Å². The van der Waals surface area contributed by atoms with Gasteiger partial charge in [-0.3, -0.25) is 19.3 Å². The number of nitrogens with one attached hydrogen (secondary N) is 1. The van der Waals surface area contributed by atoms with E-state index in [4.69, 9.17) is 9.84 Å². The van der Waals surface area contributed by atoms with Crippen LogP contribution in [0.5, 0.6) is 5.75 Å². The van der Waals surface area contributed by atoms with E-state index in [9.17, 15) is 9.59 Å². The topological polar surface area (TPSA) is 89.4 Å². The Hall–Kier alpha value is -4.72. The standard InChI is InChI=1S/C28H27N5O3/c1-32(2)28(35)21-11-13-25(36-3)24(16-21)30-26(34)14-12-23-19-33(18-20-8-5-4-6-9-20)31-27(23)22-10-7-15-29-17-22/h4-17,19H,18H2,1-3H3,(H,30,34). The van der Waals surface area contributed by atoms with Gasteiger partial charge in [0.2, 0.25) is 5.91 Å². The SMILES string of the molecule is COc1ccc(C(=O)N(C)C)cc1NC(=O)C=Cc1cn(Cc2ccccc2)nc1-c1cccnc1. The van der Waals surface area contributed by atoms with Gasteiger partial charge in [-0.25, -0.2) is 0 Å². The molecule has 36 heavy (non-hydrogen) atoms. The second-order valence-electron chi connectivity index (χ2n) is 8.30. The lowest BCUT2D eigenvalue weighted by atomic mass is 10.1. The highest BCUT2D eigenvalue weighted by atomic mass is 16.5. The summed E-state index contributed by atoms with van der Waals surface area (Å²) in [6.07, 6.45) is 8.49. The Morgan fingerprint density at radius 3 is 2.58 bits per heavy atom. The molecule has 0 bridgehead atoms. The van der Waals surface area contributed by atoms with Gasteiger partial charge in [0.25, 0.3) is 5.91 Å². The number of benzene rings is 2. The molecule has 8 nitrogen and oxygen atoms in total. The van der Waals surface area contributed by atoms with Crippen molar-refractivity contribution in [2.45, 2.75) is 6.54 Å². The van der Waals surface area contributed by atoms with Gasteiger partial charge in [0.15, 0.2) is 0 Å². The van der Waals surface area contributed by atoms with E-state index in [1.807, 2.05) is 53.3 Å². The lowest BCUT2D eigenvalue weighted by molar-refractivity contribution is -0.111. The Bertz CT molecular complexity index is 1380. The van der Waals surface area contributed by atoms with Crippen molar-refractivity contribution < 1.29 is 14.3 Å². The first-order valence-electron chi connectivity index (χ1n) is 11.3. The third kappa shape index (κ3) is 5.85. The summed E-state index contributed by atoms with van der Waals surface area (Å²) in [5, 5.41) is 7.55. The molecule has 4 aromatic rings. The van der Waals surface area contributed by atoms with Crippen LogP contribution in [0, 0.1) is 0 Å². The highest BCUT2D eigenvalue weighted by Crippen LogP contribution is 2.27. The third-order valence-electron chi connectivity index (χ3n) is 5.44. The van der Waals surface area contributed by atoms with Crippen molar-refractivity contribution in [1.29, 1.82) is 0 Å². The van der Waals surface area contributed by atoms with E-state index in [1.54, 1.807) is 50.8 Å². The van der Waals surface area contributed by atoms with Crippen LogP contribution < -0.4 is 10.1 Å². The van der Waals surface area contributed by atoms with Gasteiger partial charge in [-0.15, -0.1) is 0 Å². The number of carbonyl (C=O) groups is 2. The Labute approximate surface area is 209 Å². The molecule has 0 aliphatic carbocycles. The van der Waals surface area contributed by atoms with Crippen molar-refractivity contribution >= 4 is 23.6 Å². The number of nitrogens with zero attached hydrogens (tertiary/aromatic N) is 4. The van der Waals surface area contributed by atoms with Crippen LogP contribution >= 0.6 is 0 Å². The second kappa shape index (κ2) is 11.1. The number of anilines is 1. The maximum atomic E-state index is 12.8. The van der Waals surface area contributed by atoms with Crippen LogP contribution in [0.25, 0.3) is 17.3 Å². The van der Waals surface area contributed by atoms with Gasteiger partial charge in [0.05, 0.1) is 19.3 Å². The largest absolute Gasteiger partial charge is 0.495 e. The third-order valence-corrected chi connectivity index (χ3v) is 5.44. The number of ether oxygens (including phenoxy) is 1. The summed E-state index contributed by atoms with van der Waals surface area (Å²) in [5.41, 5.74) is 4.32. The summed E-state index contributed by atoms with van der Waals surface area (Å²) < 4.78 is 7.20. The number of aromatic nitrogens is 3. The molecule has 8 heteroatoms. The van der Waals surface area contributed by atoms with Gasteiger partial charge in [0, 0.05) is 55.5 Å². The molecule has 2 amide bonds. The predicted octanol–water partition coefficient (Wildman–Crippen LogP) is 4.36. The Kier molecular flexibility index (Phi) is 7.55. The molecule has 2 aromatic carbocycles. The molecule has 0 saturated heterocycles. The Morgan fingerprint density at radius 2 is 1.89 bits per heavy atom. The predicted molar refractivity (Wildman–Crippen MR) is 140 cm³/mol. The number of pyridine rings is 1. The monoisotopic (exact) mass is 481 g/mol. The van der Waals surface area contributed by atoms with Crippen molar-refractivity contribution in [3.8, 4) is 17.0 Å². The molecule has 0 fully saturated rings. The molecule has 0 aliphatic heterocycles. The molecule has 4 rings (SSSR count). The minimum atomic E-state index is -0.365. The molecular formula is C28H27N5O3. The minimum absolute atomic E-state index is 0.171. The normalized spacial score (nSPS) is 10.9. The van der Waals surface area contributed by atoms with Crippen molar-refractivity contribution in [1.82, 2.24) is 19.7 Å². The number of rotatable bonds is 8. The lowest BCUT2D eigenvalue weighted by Gasteiger charge is -2.14. The first-order valence-corrected chi connectivity index (χ1v) is 11.3. The zero-order valence-corrected chi connectivity index (χ0v) is 20.4. The van der Waals surface area contributed by atoms with Crippen LogP contribution in [0.15, 0.2) is 85.3 Å². The van der Waals surface area contributed by atoms with Crippen LogP contribution in [-0.4, -0.2) is 52.7 Å². The van der Waals surface area contributed by atoms with Gasteiger partial charge >= 0.3 is 0 Å². The fourth-order valence-electron chi connectivity index (χ4n) is 3.67. The number of hydrogen-bond donors (Lipinski definition) is 1. The molecule has 0 saturated carbocycles. The van der Waals surface area contributed by atoms with Crippen LogP contribution in [0.1, 0.15) is 21.5 Å². The Balaban J connectivity index is 1.59. The molecule has 2 heterocycles. The van der Waals surface area contributed by atoms with Gasteiger partial charge in [-0.05, 0) is 42.0 Å². The van der Waals surface area contributed by atoms with Gasteiger partial charge in [0.1, 0.15) is 11.4 Å². The molecule has 0 unspecified atom stereocenters. The number of amides is 2. The first kappa shape index (κ1) is 24.4. The van der Waals surface area contributed by atoms with E-state index in [-0.39, 0.29) is 11.8 Å². The van der Waals surface area contributed by atoms with E-state index >= 15 is 0 Å². The maximum Gasteiger partial charge on any atom is 0.253 e. The van der Waals surface area contributed by atoms with Gasteiger partial charge < -0.3 is 15.0 Å². The summed E-state index contributed by atoms with van der Waals surface area (Å²) >= 11 is 0. The number of methoxy groups -OCH3 is 1. The fraction of sp³-hybridized carbons (Fsp3) is 0.143. The molecule has 0 spiro atoms. The average Bonchev–Trinajstić information content (AvgIpc) is 3.30. The average molecular weight is 482 g/mol. The van der Waals surface area contributed by atoms with Gasteiger partial charge in [-0.1, -0.05) is 30.3 Å². The molecule has 2 aromatic heterocycles. The zero-order valence-electron chi connectivity index (χ0n) is 20.4. The summed E-state index contributed by atoms with van der Waals surface area (Å²) in [7, 11) is 4.85. The summed E-state index contributed by atoms with van der Waals surface area (Å²) in [6.45, 7) is 0.595. The first-order chi connectivity index (χ1) is 17.4. The van der Waals surface area contributed by atoms with Crippen LogP contribution in [0.3, 0.4) is 0 Å². The second-order valence-corrected chi connectivity index (χ2v) is 8.30. The Morgan fingerprint density at radius 1 is 1.08 bits per heavy atom. The number of carbonyl (C=O) groups excluding carboxylic acids is 2. The van der Waals surface area contributed by atoms with Crippen LogP contribution in [0.2, 0.25) is 0 Å². The molecular weight excluding hydrogens is 454 g/mol. The zero-order chi connectivity index (χ0) is 25.5. The number of hydrogen-bond acceptors (Lipinski definition) is 5. The van der Waals surface area contributed by atoms with E-state index in [0.717, 1.165) is 22.4 Å². The van der Waals surface area contributed by atoms with Crippen molar-refractivity contribution in [3.63, 3.8) is 0 Å². The van der Waals surface area contributed by atoms with Crippen molar-refractivity contribution in [3.05, 3.63) is 102 Å². The summed E-state index contributed by atoms with van der Waals surface area (Å²) in [4.78, 5) is 30.8. The highest BCUT2D eigenvalue weighted by molar-refractivity contribution is 6.04. The molecule has 0 radical (unpaired) electrons. The molecule has 1 N–H and O–H groups in total. The van der Waals surface area contributed by atoms with Crippen molar-refractivity contribution in [2.75, 3.05) is 26.5 Å². The van der Waals surface area contributed by atoms with Gasteiger partial charge in [-0.2, -0.15) is 5.10 Å². The van der Waals surface area contributed by atoms with E-state index in [2.05, 4.69) is 10.3 Å². The quantitative estimate of drug-likeness (QED) is 0.378. The van der Waals surface area contributed by atoms with E-state index in [1.165, 1.54) is 18.1 Å².